The number of hydrogen-bond donors (Lipinski definition) is 1. The third-order valence-electron chi connectivity index (χ3n) is 3.74. The van der Waals surface area contributed by atoms with Gasteiger partial charge in [0, 0.05) is 11.6 Å². The number of ether oxygens (including phenoxy) is 4. The highest BCUT2D eigenvalue weighted by Gasteiger charge is 2.34. The third-order valence-corrected chi connectivity index (χ3v) is 3.74. The summed E-state index contributed by atoms with van der Waals surface area (Å²) in [7, 11) is 1.13. The van der Waals surface area contributed by atoms with Crippen LogP contribution in [0.5, 0.6) is 17.2 Å². The number of carboxylic acid groups (broad SMARTS) is 1. The van der Waals surface area contributed by atoms with Gasteiger partial charge in [0.05, 0.1) is 7.11 Å². The Labute approximate surface area is 143 Å². The number of benzene rings is 2. The summed E-state index contributed by atoms with van der Waals surface area (Å²) in [5.41, 5.74) is 1.05. The third kappa shape index (κ3) is 3.50. The summed E-state index contributed by atoms with van der Waals surface area (Å²) in [6.07, 6.45) is 0. The van der Waals surface area contributed by atoms with E-state index in [1.54, 1.807) is 0 Å². The van der Waals surface area contributed by atoms with Gasteiger partial charge in [0.15, 0.2) is 17.4 Å². The lowest BCUT2D eigenvalue weighted by molar-refractivity contribution is -0.152. The smallest absolute Gasteiger partial charge is 0.324 e. The molecule has 7 nitrogen and oxygen atoms in total. The number of hydrogen-bond acceptors (Lipinski definition) is 6. The SMILES string of the molecule is COC(=O)C(C(=O)O)c1cc2c(cc1OCc1ccccc1)OCO2. The van der Waals surface area contributed by atoms with Crippen molar-refractivity contribution in [2.24, 2.45) is 0 Å². The summed E-state index contributed by atoms with van der Waals surface area (Å²) in [6, 6.07) is 12.3. The molecule has 0 bridgehead atoms. The highest BCUT2D eigenvalue weighted by molar-refractivity contribution is 6.00. The lowest BCUT2D eigenvalue weighted by Crippen LogP contribution is -2.23. The fourth-order valence-electron chi connectivity index (χ4n) is 2.50. The van der Waals surface area contributed by atoms with E-state index in [4.69, 9.17) is 14.2 Å². The van der Waals surface area contributed by atoms with E-state index in [0.29, 0.717) is 11.5 Å². The van der Waals surface area contributed by atoms with Gasteiger partial charge in [-0.2, -0.15) is 0 Å². The molecule has 25 heavy (non-hydrogen) atoms. The first kappa shape index (κ1) is 16.6. The summed E-state index contributed by atoms with van der Waals surface area (Å²) in [4.78, 5) is 23.5. The number of aliphatic carboxylic acids is 1. The van der Waals surface area contributed by atoms with Gasteiger partial charge in [0.25, 0.3) is 0 Å². The van der Waals surface area contributed by atoms with Gasteiger partial charge >= 0.3 is 11.9 Å². The summed E-state index contributed by atoms with van der Waals surface area (Å²) in [5, 5.41) is 9.46. The van der Waals surface area contributed by atoms with Gasteiger partial charge in [0.2, 0.25) is 6.79 Å². The standard InChI is InChI=1S/C18H16O7/c1-22-18(21)16(17(19)20)12-7-14-15(25-10-24-14)8-13(12)23-9-11-5-3-2-4-6-11/h2-8,16H,9-10H2,1H3,(H,19,20). The summed E-state index contributed by atoms with van der Waals surface area (Å²) >= 11 is 0. The molecule has 1 N–H and O–H groups in total. The lowest BCUT2D eigenvalue weighted by Gasteiger charge is -2.16. The highest BCUT2D eigenvalue weighted by atomic mass is 16.7. The summed E-state index contributed by atoms with van der Waals surface area (Å²) < 4.78 is 21.0. The molecule has 2 aromatic rings. The van der Waals surface area contributed by atoms with Crippen molar-refractivity contribution in [2.75, 3.05) is 13.9 Å². The number of methoxy groups -OCH3 is 1. The highest BCUT2D eigenvalue weighted by Crippen LogP contribution is 2.41. The van der Waals surface area contributed by atoms with Crippen molar-refractivity contribution < 1.29 is 33.6 Å². The van der Waals surface area contributed by atoms with E-state index in [2.05, 4.69) is 4.74 Å². The van der Waals surface area contributed by atoms with E-state index in [9.17, 15) is 14.7 Å². The minimum absolute atomic E-state index is 0.0207. The van der Waals surface area contributed by atoms with Crippen LogP contribution in [-0.2, 0) is 20.9 Å². The molecule has 3 rings (SSSR count). The van der Waals surface area contributed by atoms with Gasteiger partial charge in [-0.05, 0) is 11.6 Å². The van der Waals surface area contributed by atoms with Crippen molar-refractivity contribution in [1.29, 1.82) is 0 Å². The molecule has 1 heterocycles. The van der Waals surface area contributed by atoms with Crippen molar-refractivity contribution >= 4 is 11.9 Å². The second-order valence-electron chi connectivity index (χ2n) is 5.31. The molecule has 7 heteroatoms. The molecule has 0 saturated heterocycles. The van der Waals surface area contributed by atoms with Crippen molar-refractivity contribution in [1.82, 2.24) is 0 Å². The summed E-state index contributed by atoms with van der Waals surface area (Å²) in [6.45, 7) is 0.230. The van der Waals surface area contributed by atoms with Crippen LogP contribution in [0.2, 0.25) is 0 Å². The molecule has 1 unspecified atom stereocenters. The van der Waals surface area contributed by atoms with Crippen LogP contribution in [0.15, 0.2) is 42.5 Å². The number of rotatable bonds is 6. The van der Waals surface area contributed by atoms with Crippen LogP contribution in [0.3, 0.4) is 0 Å². The monoisotopic (exact) mass is 344 g/mol. The van der Waals surface area contributed by atoms with Crippen LogP contribution < -0.4 is 14.2 Å². The maximum absolute atomic E-state index is 11.9. The summed E-state index contributed by atoms with van der Waals surface area (Å²) in [5.74, 6) is -2.74. The van der Waals surface area contributed by atoms with E-state index in [-0.39, 0.29) is 24.7 Å². The molecule has 0 radical (unpaired) electrons. The Balaban J connectivity index is 1.97. The number of carboxylic acids is 1. The average molecular weight is 344 g/mol. The molecular formula is C18H16O7. The Kier molecular flexibility index (Phi) is 4.74. The topological polar surface area (TPSA) is 91.3 Å². The molecule has 0 aromatic heterocycles. The van der Waals surface area contributed by atoms with Crippen molar-refractivity contribution in [3.8, 4) is 17.2 Å². The molecule has 0 saturated carbocycles. The van der Waals surface area contributed by atoms with E-state index < -0.39 is 17.9 Å². The number of carbonyl (C=O) groups excluding carboxylic acids is 1. The van der Waals surface area contributed by atoms with Crippen LogP contribution in [0.1, 0.15) is 17.0 Å². The molecule has 0 fully saturated rings. The predicted molar refractivity (Wildman–Crippen MR) is 85.7 cm³/mol. The van der Waals surface area contributed by atoms with Crippen LogP contribution in [-0.4, -0.2) is 30.9 Å². The Morgan fingerprint density at radius 2 is 1.84 bits per heavy atom. The molecule has 0 aliphatic carbocycles. The van der Waals surface area contributed by atoms with Crippen molar-refractivity contribution in [3.05, 3.63) is 53.6 Å². The predicted octanol–water partition coefficient (Wildman–Crippen LogP) is 2.34. The molecule has 0 spiro atoms. The maximum Gasteiger partial charge on any atom is 0.324 e. The molecule has 1 atom stereocenters. The zero-order valence-electron chi connectivity index (χ0n) is 13.4. The van der Waals surface area contributed by atoms with Gasteiger partial charge in [-0.1, -0.05) is 30.3 Å². The number of fused-ring (bicyclic) bond motifs is 1. The Hall–Kier alpha value is -3.22. The molecule has 130 valence electrons. The minimum atomic E-state index is -1.52. The Morgan fingerprint density at radius 1 is 1.16 bits per heavy atom. The number of carbonyl (C=O) groups is 2. The molecular weight excluding hydrogens is 328 g/mol. The first-order valence-electron chi connectivity index (χ1n) is 7.51. The number of esters is 1. The van der Waals surface area contributed by atoms with Gasteiger partial charge < -0.3 is 24.1 Å². The van der Waals surface area contributed by atoms with Gasteiger partial charge in [-0.15, -0.1) is 0 Å². The molecule has 0 amide bonds. The zero-order valence-corrected chi connectivity index (χ0v) is 13.4. The average Bonchev–Trinajstić information content (AvgIpc) is 3.07. The Morgan fingerprint density at radius 3 is 2.48 bits per heavy atom. The van der Waals surface area contributed by atoms with Crippen LogP contribution in [0.25, 0.3) is 0 Å². The van der Waals surface area contributed by atoms with Gasteiger partial charge in [0.1, 0.15) is 12.4 Å². The zero-order chi connectivity index (χ0) is 17.8. The second kappa shape index (κ2) is 7.12. The van der Waals surface area contributed by atoms with E-state index in [0.717, 1.165) is 12.7 Å². The Bertz CT molecular complexity index is 786. The quantitative estimate of drug-likeness (QED) is 0.635. The normalized spacial score (nSPS) is 13.2. The van der Waals surface area contributed by atoms with Crippen LogP contribution in [0, 0.1) is 0 Å². The molecule has 1 aliphatic rings. The van der Waals surface area contributed by atoms with Crippen molar-refractivity contribution in [3.63, 3.8) is 0 Å². The minimum Gasteiger partial charge on any atom is -0.488 e. The second-order valence-corrected chi connectivity index (χ2v) is 5.31. The van der Waals surface area contributed by atoms with Crippen LogP contribution in [0.4, 0.5) is 0 Å². The molecule has 1 aliphatic heterocycles. The largest absolute Gasteiger partial charge is 0.488 e. The first-order valence-corrected chi connectivity index (χ1v) is 7.51. The fraction of sp³-hybridized carbons (Fsp3) is 0.222. The maximum atomic E-state index is 11.9. The van der Waals surface area contributed by atoms with Crippen LogP contribution >= 0.6 is 0 Å². The molecule has 2 aromatic carbocycles. The van der Waals surface area contributed by atoms with E-state index in [1.807, 2.05) is 30.3 Å². The first-order chi connectivity index (χ1) is 12.1. The van der Waals surface area contributed by atoms with Gasteiger partial charge in [-0.25, -0.2) is 0 Å². The van der Waals surface area contributed by atoms with E-state index in [1.165, 1.54) is 12.1 Å². The lowest BCUT2D eigenvalue weighted by atomic mass is 9.97. The van der Waals surface area contributed by atoms with Crippen molar-refractivity contribution in [2.45, 2.75) is 12.5 Å². The van der Waals surface area contributed by atoms with E-state index >= 15 is 0 Å². The van der Waals surface area contributed by atoms with Gasteiger partial charge in [-0.3, -0.25) is 9.59 Å². The fourth-order valence-corrected chi connectivity index (χ4v) is 2.50.